The molecule has 0 atom stereocenters. The van der Waals surface area contributed by atoms with E-state index in [-0.39, 0.29) is 18.1 Å². The number of benzene rings is 1. The van der Waals surface area contributed by atoms with E-state index < -0.39 is 4.92 Å². The number of amides is 1. The fourth-order valence-corrected chi connectivity index (χ4v) is 1.54. The van der Waals surface area contributed by atoms with Gasteiger partial charge in [-0.3, -0.25) is 14.9 Å². The molecule has 0 aliphatic rings. The highest BCUT2D eigenvalue weighted by molar-refractivity contribution is 5.80. The Kier molecular flexibility index (Phi) is 6.28. The van der Waals surface area contributed by atoms with Crippen LogP contribution < -0.4 is 15.4 Å². The van der Waals surface area contributed by atoms with Crippen LogP contribution in [0.5, 0.6) is 5.75 Å². The number of nitrogens with one attached hydrogen (secondary N) is 2. The Morgan fingerprint density at radius 2 is 2.10 bits per heavy atom. The monoisotopic (exact) mass is 281 g/mol. The molecular formula is C13H19N3O4. The molecule has 0 radical (unpaired) electrons. The lowest BCUT2D eigenvalue weighted by atomic mass is 10.2. The van der Waals surface area contributed by atoms with Crippen molar-refractivity contribution in [3.05, 3.63) is 28.3 Å². The summed E-state index contributed by atoms with van der Waals surface area (Å²) in [7, 11) is 0. The third-order valence-electron chi connectivity index (χ3n) is 2.40. The molecule has 0 aliphatic carbocycles. The Morgan fingerprint density at radius 3 is 2.70 bits per heavy atom. The van der Waals surface area contributed by atoms with Crippen LogP contribution in [0.25, 0.3) is 0 Å². The molecule has 7 nitrogen and oxygen atoms in total. The van der Waals surface area contributed by atoms with Gasteiger partial charge in [0.2, 0.25) is 5.91 Å². The lowest BCUT2D eigenvalue weighted by molar-refractivity contribution is -0.384. The maximum Gasteiger partial charge on any atom is 0.275 e. The minimum atomic E-state index is -0.490. The maximum atomic E-state index is 11.4. The highest BCUT2D eigenvalue weighted by atomic mass is 16.6. The van der Waals surface area contributed by atoms with Crippen molar-refractivity contribution in [2.24, 2.45) is 0 Å². The number of hydrogen-bond acceptors (Lipinski definition) is 5. The Labute approximate surface area is 117 Å². The Hall–Kier alpha value is -2.31. The topological polar surface area (TPSA) is 93.5 Å². The van der Waals surface area contributed by atoms with Crippen LogP contribution in [-0.4, -0.2) is 30.5 Å². The van der Waals surface area contributed by atoms with Crippen LogP contribution in [0.15, 0.2) is 18.2 Å². The van der Waals surface area contributed by atoms with E-state index >= 15 is 0 Å². The van der Waals surface area contributed by atoms with Crippen molar-refractivity contribution in [3.8, 4) is 5.75 Å². The summed E-state index contributed by atoms with van der Waals surface area (Å²) in [5.74, 6) is 0.245. The second-order valence-electron chi connectivity index (χ2n) is 4.13. The van der Waals surface area contributed by atoms with Crippen LogP contribution in [0.4, 0.5) is 11.4 Å². The van der Waals surface area contributed by atoms with Gasteiger partial charge in [-0.05, 0) is 13.3 Å². The van der Waals surface area contributed by atoms with E-state index in [4.69, 9.17) is 4.74 Å². The molecule has 0 heterocycles. The molecule has 0 saturated carbocycles. The van der Waals surface area contributed by atoms with Crippen molar-refractivity contribution in [2.45, 2.75) is 20.3 Å². The van der Waals surface area contributed by atoms with Crippen molar-refractivity contribution in [1.82, 2.24) is 5.32 Å². The first-order valence-corrected chi connectivity index (χ1v) is 6.49. The average molecular weight is 281 g/mol. The Bertz CT molecular complexity index is 477. The first kappa shape index (κ1) is 15.7. The molecule has 1 aromatic rings. The number of nitro benzene ring substituents is 1. The second kappa shape index (κ2) is 7.98. The lowest BCUT2D eigenvalue weighted by Crippen LogP contribution is -2.29. The number of likely N-dealkylation sites (N-methyl/N-ethyl adjacent to an activating group) is 1. The molecule has 110 valence electrons. The molecule has 7 heteroatoms. The van der Waals surface area contributed by atoms with E-state index in [0.717, 1.165) is 6.42 Å². The molecular weight excluding hydrogens is 262 g/mol. The fraction of sp³-hybridized carbons (Fsp3) is 0.462. The predicted molar refractivity (Wildman–Crippen MR) is 76.1 cm³/mol. The van der Waals surface area contributed by atoms with E-state index in [1.54, 1.807) is 6.07 Å². The zero-order chi connectivity index (χ0) is 15.0. The quantitative estimate of drug-likeness (QED) is 0.561. The molecule has 1 aromatic carbocycles. The minimum Gasteiger partial charge on any atom is -0.493 e. The van der Waals surface area contributed by atoms with E-state index in [1.807, 2.05) is 13.8 Å². The summed E-state index contributed by atoms with van der Waals surface area (Å²) in [5.41, 5.74) is 0.411. The van der Waals surface area contributed by atoms with Crippen molar-refractivity contribution in [2.75, 3.05) is 25.0 Å². The first-order chi connectivity index (χ1) is 9.56. The fourth-order valence-electron chi connectivity index (χ4n) is 1.54. The van der Waals surface area contributed by atoms with Gasteiger partial charge in [0.15, 0.2) is 0 Å². The third kappa shape index (κ3) is 5.13. The van der Waals surface area contributed by atoms with Crippen LogP contribution >= 0.6 is 0 Å². The highest BCUT2D eigenvalue weighted by Crippen LogP contribution is 2.26. The van der Waals surface area contributed by atoms with Crippen LogP contribution in [0.2, 0.25) is 0 Å². The van der Waals surface area contributed by atoms with Crippen molar-refractivity contribution in [1.29, 1.82) is 0 Å². The van der Waals surface area contributed by atoms with Crippen LogP contribution in [0.1, 0.15) is 20.3 Å². The van der Waals surface area contributed by atoms with Gasteiger partial charge in [-0.2, -0.15) is 0 Å². The summed E-state index contributed by atoms with van der Waals surface area (Å²) in [6, 6.07) is 4.38. The first-order valence-electron chi connectivity index (χ1n) is 6.49. The zero-order valence-electron chi connectivity index (χ0n) is 11.6. The molecule has 0 aliphatic heterocycles. The van der Waals surface area contributed by atoms with E-state index in [2.05, 4.69) is 10.6 Å². The normalized spacial score (nSPS) is 9.90. The molecule has 20 heavy (non-hydrogen) atoms. The molecule has 0 fully saturated rings. The van der Waals surface area contributed by atoms with Crippen LogP contribution in [-0.2, 0) is 4.79 Å². The van der Waals surface area contributed by atoms with Gasteiger partial charge in [0.25, 0.3) is 5.69 Å². The number of ether oxygens (including phenoxy) is 1. The second-order valence-corrected chi connectivity index (χ2v) is 4.13. The minimum absolute atomic E-state index is 0.0578. The molecule has 0 saturated heterocycles. The number of non-ortho nitro benzene ring substituents is 1. The summed E-state index contributed by atoms with van der Waals surface area (Å²) < 4.78 is 5.40. The molecule has 0 unspecified atom stereocenters. The SMILES string of the molecule is CCCOc1cc(NCC(=O)NCC)cc([N+](=O)[O-])c1. The molecule has 2 N–H and O–H groups in total. The van der Waals surface area contributed by atoms with E-state index in [9.17, 15) is 14.9 Å². The number of carbonyl (C=O) groups excluding carboxylic acids is 1. The summed E-state index contributed by atoms with van der Waals surface area (Å²) in [6.45, 7) is 4.85. The van der Waals surface area contributed by atoms with Gasteiger partial charge < -0.3 is 15.4 Å². The van der Waals surface area contributed by atoms with Crippen molar-refractivity contribution >= 4 is 17.3 Å². The summed E-state index contributed by atoms with van der Waals surface area (Å²) in [5, 5.41) is 16.3. The van der Waals surface area contributed by atoms with Crippen molar-refractivity contribution < 1.29 is 14.5 Å². The number of hydrogen-bond donors (Lipinski definition) is 2. The molecule has 0 spiro atoms. The van der Waals surface area contributed by atoms with Crippen LogP contribution in [0, 0.1) is 10.1 Å². The number of carbonyl (C=O) groups is 1. The van der Waals surface area contributed by atoms with Gasteiger partial charge in [0, 0.05) is 24.4 Å². The van der Waals surface area contributed by atoms with Crippen molar-refractivity contribution in [3.63, 3.8) is 0 Å². The Morgan fingerprint density at radius 1 is 1.35 bits per heavy atom. The number of anilines is 1. The standard InChI is InChI=1S/C13H19N3O4/c1-3-5-20-12-7-10(6-11(8-12)16(18)19)15-9-13(17)14-4-2/h6-8,15H,3-5,9H2,1-2H3,(H,14,17). The largest absolute Gasteiger partial charge is 0.493 e. The van der Waals surface area contributed by atoms with Gasteiger partial charge in [0.05, 0.1) is 24.1 Å². The van der Waals surface area contributed by atoms with Crippen LogP contribution in [0.3, 0.4) is 0 Å². The summed E-state index contributed by atoms with van der Waals surface area (Å²) in [4.78, 5) is 21.7. The Balaban J connectivity index is 2.80. The lowest BCUT2D eigenvalue weighted by Gasteiger charge is -2.09. The van der Waals surface area contributed by atoms with Gasteiger partial charge in [0.1, 0.15) is 5.75 Å². The summed E-state index contributed by atoms with van der Waals surface area (Å²) >= 11 is 0. The number of nitro groups is 1. The third-order valence-corrected chi connectivity index (χ3v) is 2.40. The molecule has 1 amide bonds. The van der Waals surface area contributed by atoms with Gasteiger partial charge in [-0.1, -0.05) is 6.92 Å². The maximum absolute atomic E-state index is 11.4. The smallest absolute Gasteiger partial charge is 0.275 e. The van der Waals surface area contributed by atoms with Gasteiger partial charge in [-0.25, -0.2) is 0 Å². The molecule has 0 bridgehead atoms. The van der Waals surface area contributed by atoms with E-state index in [1.165, 1.54) is 12.1 Å². The van der Waals surface area contributed by atoms with E-state index in [0.29, 0.717) is 24.6 Å². The number of rotatable bonds is 8. The zero-order valence-corrected chi connectivity index (χ0v) is 11.6. The van der Waals surface area contributed by atoms with Gasteiger partial charge >= 0.3 is 0 Å². The number of nitrogens with zero attached hydrogens (tertiary/aromatic N) is 1. The molecule has 1 rings (SSSR count). The van der Waals surface area contributed by atoms with Gasteiger partial charge in [-0.15, -0.1) is 0 Å². The molecule has 0 aromatic heterocycles. The predicted octanol–water partition coefficient (Wildman–Crippen LogP) is 1.93. The summed E-state index contributed by atoms with van der Waals surface area (Å²) in [6.07, 6.45) is 0.810. The average Bonchev–Trinajstić information content (AvgIpc) is 2.43. The highest BCUT2D eigenvalue weighted by Gasteiger charge is 2.11.